The Morgan fingerprint density at radius 3 is 2.14 bits per heavy atom. The van der Waals surface area contributed by atoms with Crippen LogP contribution in [0.4, 0.5) is 0 Å². The third kappa shape index (κ3) is 4.09. The molecule has 0 aromatic rings. The van der Waals surface area contributed by atoms with Crippen LogP contribution in [0.5, 0.6) is 0 Å². The Morgan fingerprint density at radius 1 is 1.36 bits per heavy atom. The van der Waals surface area contributed by atoms with Gasteiger partial charge < -0.3 is 9.64 Å². The van der Waals surface area contributed by atoms with Crippen LogP contribution >= 0.6 is 0 Å². The van der Waals surface area contributed by atoms with Crippen LogP contribution in [-0.2, 0) is 9.53 Å². The van der Waals surface area contributed by atoms with Gasteiger partial charge in [-0.15, -0.1) is 0 Å². The second kappa shape index (κ2) is 5.35. The molecule has 0 saturated heterocycles. The van der Waals surface area contributed by atoms with E-state index in [1.807, 2.05) is 39.5 Å². The normalized spacial score (nSPS) is 11.9. The van der Waals surface area contributed by atoms with Crippen molar-refractivity contribution in [2.24, 2.45) is 5.41 Å². The number of methoxy groups -OCH3 is 1. The third-order valence-electron chi connectivity index (χ3n) is 2.06. The van der Waals surface area contributed by atoms with Gasteiger partial charge in [0.2, 0.25) is 5.91 Å². The third-order valence-corrected chi connectivity index (χ3v) is 2.06. The molecule has 0 heterocycles. The Balaban J connectivity index is 4.42. The number of rotatable bonds is 4. The molecule has 3 heteroatoms. The van der Waals surface area contributed by atoms with E-state index in [1.165, 1.54) is 0 Å². The predicted octanol–water partition coefficient (Wildman–Crippen LogP) is 1.92. The summed E-state index contributed by atoms with van der Waals surface area (Å²) in [4.78, 5) is 13.8. The van der Waals surface area contributed by atoms with Crippen molar-refractivity contribution in [2.75, 3.05) is 20.3 Å². The largest absolute Gasteiger partial charge is 0.383 e. The lowest BCUT2D eigenvalue weighted by atomic mass is 9.94. The molecule has 0 N–H and O–H groups in total. The Hall–Kier alpha value is -0.570. The van der Waals surface area contributed by atoms with Crippen molar-refractivity contribution in [3.63, 3.8) is 0 Å². The number of ether oxygens (including phenoxy) is 1. The summed E-state index contributed by atoms with van der Waals surface area (Å²) in [7, 11) is 1.65. The summed E-state index contributed by atoms with van der Waals surface area (Å²) in [5.41, 5.74) is -0.308. The fourth-order valence-corrected chi connectivity index (χ4v) is 1.21. The van der Waals surface area contributed by atoms with E-state index in [9.17, 15) is 4.79 Å². The molecule has 0 aromatic carbocycles. The Labute approximate surface area is 87.4 Å². The highest BCUT2D eigenvalue weighted by Gasteiger charge is 2.28. The lowest BCUT2D eigenvalue weighted by Crippen LogP contribution is -2.45. The van der Waals surface area contributed by atoms with E-state index in [4.69, 9.17) is 4.74 Å². The summed E-state index contributed by atoms with van der Waals surface area (Å²) in [5.74, 6) is 0.185. The topological polar surface area (TPSA) is 29.5 Å². The van der Waals surface area contributed by atoms with Crippen molar-refractivity contribution >= 4 is 5.91 Å². The Morgan fingerprint density at radius 2 is 1.86 bits per heavy atom. The van der Waals surface area contributed by atoms with E-state index < -0.39 is 0 Å². The molecule has 14 heavy (non-hydrogen) atoms. The lowest BCUT2D eigenvalue weighted by molar-refractivity contribution is -0.141. The monoisotopic (exact) mass is 201 g/mol. The lowest BCUT2D eigenvalue weighted by Gasteiger charge is -2.32. The molecule has 1 amide bonds. The molecule has 0 aliphatic heterocycles. The average Bonchev–Trinajstić information content (AvgIpc) is 2.02. The summed E-state index contributed by atoms with van der Waals surface area (Å²) >= 11 is 0. The van der Waals surface area contributed by atoms with Gasteiger partial charge in [0.05, 0.1) is 6.61 Å². The Kier molecular flexibility index (Phi) is 5.13. The van der Waals surface area contributed by atoms with Crippen molar-refractivity contribution in [3.05, 3.63) is 0 Å². The molecule has 0 aliphatic rings. The van der Waals surface area contributed by atoms with Crippen LogP contribution < -0.4 is 0 Å². The van der Waals surface area contributed by atoms with Crippen molar-refractivity contribution < 1.29 is 9.53 Å². The summed E-state index contributed by atoms with van der Waals surface area (Å²) in [6.07, 6.45) is 0. The van der Waals surface area contributed by atoms with Crippen molar-refractivity contribution in [1.82, 2.24) is 4.90 Å². The number of hydrogen-bond donors (Lipinski definition) is 0. The van der Waals surface area contributed by atoms with Crippen LogP contribution in [0.2, 0.25) is 0 Å². The second-order valence-electron chi connectivity index (χ2n) is 4.84. The molecule has 0 aliphatic carbocycles. The SMILES string of the molecule is COCCN(C(=O)C(C)(C)C)C(C)C. The van der Waals surface area contributed by atoms with E-state index in [1.54, 1.807) is 7.11 Å². The van der Waals surface area contributed by atoms with Gasteiger partial charge in [0.15, 0.2) is 0 Å². The first-order valence-electron chi connectivity index (χ1n) is 5.10. The average molecular weight is 201 g/mol. The van der Waals surface area contributed by atoms with E-state index >= 15 is 0 Å². The molecule has 0 unspecified atom stereocenters. The van der Waals surface area contributed by atoms with Gasteiger partial charge in [-0.2, -0.15) is 0 Å². The van der Waals surface area contributed by atoms with Gasteiger partial charge in [0, 0.05) is 25.1 Å². The maximum atomic E-state index is 12.0. The summed E-state index contributed by atoms with van der Waals surface area (Å²) < 4.78 is 4.99. The molecule has 0 saturated carbocycles. The maximum absolute atomic E-state index is 12.0. The first-order chi connectivity index (χ1) is 6.30. The minimum Gasteiger partial charge on any atom is -0.383 e. The highest BCUT2D eigenvalue weighted by atomic mass is 16.5. The van der Waals surface area contributed by atoms with Crippen LogP contribution in [0.3, 0.4) is 0 Å². The second-order valence-corrected chi connectivity index (χ2v) is 4.84. The van der Waals surface area contributed by atoms with Crippen LogP contribution in [-0.4, -0.2) is 37.1 Å². The first-order valence-corrected chi connectivity index (χ1v) is 5.10. The van der Waals surface area contributed by atoms with E-state index in [0.29, 0.717) is 13.2 Å². The summed E-state index contributed by atoms with van der Waals surface area (Å²) in [6.45, 7) is 11.1. The first kappa shape index (κ1) is 13.4. The number of carbonyl (C=O) groups is 1. The van der Waals surface area contributed by atoms with Gasteiger partial charge in [-0.1, -0.05) is 20.8 Å². The highest BCUT2D eigenvalue weighted by Crippen LogP contribution is 2.18. The maximum Gasteiger partial charge on any atom is 0.228 e. The molecule has 0 bridgehead atoms. The standard InChI is InChI=1S/C11H23NO2/c1-9(2)12(7-8-14-6)10(13)11(3,4)5/h9H,7-8H2,1-6H3. The van der Waals surface area contributed by atoms with Gasteiger partial charge in [0.25, 0.3) is 0 Å². The minimum absolute atomic E-state index is 0.185. The van der Waals surface area contributed by atoms with Gasteiger partial charge in [-0.3, -0.25) is 4.79 Å². The molecule has 0 rings (SSSR count). The van der Waals surface area contributed by atoms with E-state index in [2.05, 4.69) is 0 Å². The van der Waals surface area contributed by atoms with Gasteiger partial charge in [-0.25, -0.2) is 0 Å². The molecule has 0 fully saturated rings. The predicted molar refractivity (Wildman–Crippen MR) is 58.2 cm³/mol. The number of hydrogen-bond acceptors (Lipinski definition) is 2. The summed E-state index contributed by atoms with van der Waals surface area (Å²) in [5, 5.41) is 0. The van der Waals surface area contributed by atoms with Crippen molar-refractivity contribution in [1.29, 1.82) is 0 Å². The molecule has 84 valence electrons. The van der Waals surface area contributed by atoms with Crippen molar-refractivity contribution in [2.45, 2.75) is 40.7 Å². The Bertz CT molecular complexity index is 182. The van der Waals surface area contributed by atoms with Crippen LogP contribution in [0, 0.1) is 5.41 Å². The molecular weight excluding hydrogens is 178 g/mol. The quantitative estimate of drug-likeness (QED) is 0.695. The molecular formula is C11H23NO2. The number of carbonyl (C=O) groups excluding carboxylic acids is 1. The highest BCUT2D eigenvalue weighted by molar-refractivity contribution is 5.81. The van der Waals surface area contributed by atoms with Crippen molar-refractivity contribution in [3.8, 4) is 0 Å². The van der Waals surface area contributed by atoms with Crippen LogP contribution in [0.1, 0.15) is 34.6 Å². The summed E-state index contributed by atoms with van der Waals surface area (Å²) in [6, 6.07) is 0.233. The van der Waals surface area contributed by atoms with E-state index in [-0.39, 0.29) is 17.4 Å². The zero-order chi connectivity index (χ0) is 11.4. The van der Waals surface area contributed by atoms with Gasteiger partial charge in [0.1, 0.15) is 0 Å². The van der Waals surface area contributed by atoms with Crippen LogP contribution in [0.25, 0.3) is 0 Å². The number of amides is 1. The zero-order valence-electron chi connectivity index (χ0n) is 10.3. The smallest absolute Gasteiger partial charge is 0.228 e. The molecule has 3 nitrogen and oxygen atoms in total. The number of nitrogens with zero attached hydrogens (tertiary/aromatic N) is 1. The van der Waals surface area contributed by atoms with E-state index in [0.717, 1.165) is 0 Å². The van der Waals surface area contributed by atoms with Crippen LogP contribution in [0.15, 0.2) is 0 Å². The zero-order valence-corrected chi connectivity index (χ0v) is 10.3. The molecule has 0 aromatic heterocycles. The minimum atomic E-state index is -0.308. The van der Waals surface area contributed by atoms with Gasteiger partial charge >= 0.3 is 0 Å². The molecule has 0 spiro atoms. The van der Waals surface area contributed by atoms with Gasteiger partial charge in [-0.05, 0) is 13.8 Å². The fourth-order valence-electron chi connectivity index (χ4n) is 1.21. The molecule has 0 radical (unpaired) electrons. The molecule has 0 atom stereocenters. The fraction of sp³-hybridized carbons (Fsp3) is 0.909.